The molecule has 0 spiro atoms. The Kier molecular flexibility index (Phi) is 6.75. The number of carbonyl (C=O) groups excluding carboxylic acids is 2. The molecule has 1 atom stereocenters. The summed E-state index contributed by atoms with van der Waals surface area (Å²) in [7, 11) is 0. The Morgan fingerprint density at radius 3 is 2.50 bits per heavy atom. The molecular formula is C15H16F3NO5. The van der Waals surface area contributed by atoms with Crippen LogP contribution in [-0.4, -0.2) is 35.6 Å². The van der Waals surface area contributed by atoms with E-state index in [1.54, 1.807) is 6.92 Å². The number of carboxylic acid groups (broad SMARTS) is 1. The van der Waals surface area contributed by atoms with E-state index >= 15 is 0 Å². The monoisotopic (exact) mass is 347 g/mol. The molecule has 9 heteroatoms. The predicted octanol–water partition coefficient (Wildman–Crippen LogP) is 1.77. The molecule has 0 heterocycles. The number of benzene rings is 1. The first-order valence-electron chi connectivity index (χ1n) is 6.97. The molecule has 0 aliphatic carbocycles. The molecule has 1 aromatic rings. The number of nitrogens with one attached hydrogen (secondary N) is 1. The molecule has 132 valence electrons. The van der Waals surface area contributed by atoms with Crippen LogP contribution in [0.2, 0.25) is 0 Å². The Bertz CT molecular complexity index is 615. The third kappa shape index (κ3) is 6.27. The number of hydrogen-bond donors (Lipinski definition) is 2. The van der Waals surface area contributed by atoms with Gasteiger partial charge in [-0.05, 0) is 18.6 Å². The second kappa shape index (κ2) is 8.32. The van der Waals surface area contributed by atoms with Crippen molar-refractivity contribution in [1.82, 2.24) is 5.32 Å². The highest BCUT2D eigenvalue weighted by molar-refractivity contribution is 5.88. The summed E-state index contributed by atoms with van der Waals surface area (Å²) in [5.41, 5.74) is -0.836. The molecule has 0 aliphatic heterocycles. The van der Waals surface area contributed by atoms with E-state index in [1.165, 1.54) is 6.07 Å². The van der Waals surface area contributed by atoms with Gasteiger partial charge in [0, 0.05) is 0 Å². The number of esters is 1. The number of ether oxygens (including phenoxy) is 1. The van der Waals surface area contributed by atoms with Crippen LogP contribution in [0, 0.1) is 0 Å². The molecule has 0 bridgehead atoms. The number of rotatable bonds is 7. The fourth-order valence-electron chi connectivity index (χ4n) is 1.88. The standard InChI is InChI=1S/C15H16F3NO5/c1-2-24-13(21)8-11(14(22)23)19-12(20)7-9-4-3-5-10(6-9)15(16,17)18/h3-6,11H,2,7-8H2,1H3,(H,19,20)(H,22,23)/t11-/m0/s1. The van der Waals surface area contributed by atoms with E-state index < -0.39 is 48.5 Å². The van der Waals surface area contributed by atoms with Crippen LogP contribution in [-0.2, 0) is 31.7 Å². The van der Waals surface area contributed by atoms with Gasteiger partial charge in [-0.2, -0.15) is 13.2 Å². The summed E-state index contributed by atoms with van der Waals surface area (Å²) in [6.45, 7) is 1.60. The molecule has 1 aromatic carbocycles. The third-order valence-electron chi connectivity index (χ3n) is 2.93. The lowest BCUT2D eigenvalue weighted by Crippen LogP contribution is -2.43. The maximum Gasteiger partial charge on any atom is 0.416 e. The summed E-state index contributed by atoms with van der Waals surface area (Å²) in [6.07, 6.45) is -5.56. The first kappa shape index (κ1) is 19.5. The first-order valence-corrected chi connectivity index (χ1v) is 6.97. The molecule has 0 aromatic heterocycles. The molecule has 0 unspecified atom stereocenters. The maximum absolute atomic E-state index is 12.6. The van der Waals surface area contributed by atoms with Crippen LogP contribution in [0.15, 0.2) is 24.3 Å². The minimum atomic E-state index is -4.54. The molecular weight excluding hydrogens is 331 g/mol. The lowest BCUT2D eigenvalue weighted by molar-refractivity contribution is -0.150. The summed E-state index contributed by atoms with van der Waals surface area (Å²) >= 11 is 0. The number of aliphatic carboxylic acids is 1. The molecule has 6 nitrogen and oxygen atoms in total. The summed E-state index contributed by atoms with van der Waals surface area (Å²) in [4.78, 5) is 34.2. The fraction of sp³-hybridized carbons (Fsp3) is 0.400. The van der Waals surface area contributed by atoms with E-state index in [-0.39, 0.29) is 12.2 Å². The van der Waals surface area contributed by atoms with Crippen molar-refractivity contribution in [1.29, 1.82) is 0 Å². The zero-order valence-corrected chi connectivity index (χ0v) is 12.7. The van der Waals surface area contributed by atoms with E-state index in [9.17, 15) is 27.6 Å². The highest BCUT2D eigenvalue weighted by Gasteiger charge is 2.30. The van der Waals surface area contributed by atoms with Crippen molar-refractivity contribution in [2.24, 2.45) is 0 Å². The van der Waals surface area contributed by atoms with Gasteiger partial charge in [0.15, 0.2) is 0 Å². The molecule has 0 aliphatic rings. The van der Waals surface area contributed by atoms with E-state index in [0.717, 1.165) is 18.2 Å². The molecule has 1 rings (SSSR count). The van der Waals surface area contributed by atoms with Gasteiger partial charge in [-0.15, -0.1) is 0 Å². The van der Waals surface area contributed by atoms with Gasteiger partial charge < -0.3 is 15.2 Å². The Balaban J connectivity index is 2.73. The van der Waals surface area contributed by atoms with Crippen LogP contribution < -0.4 is 5.32 Å². The van der Waals surface area contributed by atoms with Gasteiger partial charge in [0.2, 0.25) is 5.91 Å². The second-order valence-electron chi connectivity index (χ2n) is 4.84. The number of amides is 1. The van der Waals surface area contributed by atoms with Gasteiger partial charge in [0.1, 0.15) is 6.04 Å². The lowest BCUT2D eigenvalue weighted by atomic mass is 10.1. The predicted molar refractivity (Wildman–Crippen MR) is 76.0 cm³/mol. The van der Waals surface area contributed by atoms with Crippen molar-refractivity contribution >= 4 is 17.8 Å². The van der Waals surface area contributed by atoms with Crippen LogP contribution in [0.3, 0.4) is 0 Å². The van der Waals surface area contributed by atoms with E-state index in [4.69, 9.17) is 5.11 Å². The Morgan fingerprint density at radius 1 is 1.29 bits per heavy atom. The Morgan fingerprint density at radius 2 is 1.96 bits per heavy atom. The second-order valence-corrected chi connectivity index (χ2v) is 4.84. The molecule has 2 N–H and O–H groups in total. The summed E-state index contributed by atoms with van der Waals surface area (Å²) < 4.78 is 42.4. The molecule has 24 heavy (non-hydrogen) atoms. The minimum absolute atomic E-state index is 0.0589. The number of halogens is 3. The zero-order valence-electron chi connectivity index (χ0n) is 12.7. The Labute approximate surface area is 135 Å². The molecule has 1 amide bonds. The normalized spacial score (nSPS) is 12.3. The number of carbonyl (C=O) groups is 3. The van der Waals surface area contributed by atoms with Gasteiger partial charge >= 0.3 is 18.1 Å². The van der Waals surface area contributed by atoms with E-state index in [2.05, 4.69) is 10.1 Å². The van der Waals surface area contributed by atoms with Gasteiger partial charge in [-0.1, -0.05) is 18.2 Å². The molecule has 0 radical (unpaired) electrons. The fourth-order valence-corrected chi connectivity index (χ4v) is 1.88. The topological polar surface area (TPSA) is 92.7 Å². The van der Waals surface area contributed by atoms with Crippen molar-refractivity contribution in [3.63, 3.8) is 0 Å². The van der Waals surface area contributed by atoms with Crippen LogP contribution in [0.4, 0.5) is 13.2 Å². The summed E-state index contributed by atoms with van der Waals surface area (Å²) in [5, 5.41) is 11.1. The number of alkyl halides is 3. The average molecular weight is 347 g/mol. The quantitative estimate of drug-likeness (QED) is 0.734. The van der Waals surface area contributed by atoms with Crippen molar-refractivity contribution in [3.8, 4) is 0 Å². The number of carboxylic acids is 1. The van der Waals surface area contributed by atoms with Crippen LogP contribution in [0.25, 0.3) is 0 Å². The number of hydrogen-bond acceptors (Lipinski definition) is 4. The maximum atomic E-state index is 12.6. The van der Waals surface area contributed by atoms with Crippen LogP contribution >= 0.6 is 0 Å². The van der Waals surface area contributed by atoms with Gasteiger partial charge in [-0.3, -0.25) is 9.59 Å². The molecule has 0 saturated heterocycles. The summed E-state index contributed by atoms with van der Waals surface area (Å²) in [6, 6.07) is 2.62. The van der Waals surface area contributed by atoms with Crippen LogP contribution in [0.1, 0.15) is 24.5 Å². The highest BCUT2D eigenvalue weighted by Crippen LogP contribution is 2.29. The smallest absolute Gasteiger partial charge is 0.416 e. The SMILES string of the molecule is CCOC(=O)C[C@H](NC(=O)Cc1cccc(C(F)(F)F)c1)C(=O)O. The van der Waals surface area contributed by atoms with E-state index in [1.807, 2.05) is 0 Å². The highest BCUT2D eigenvalue weighted by atomic mass is 19.4. The average Bonchev–Trinajstić information content (AvgIpc) is 2.46. The minimum Gasteiger partial charge on any atom is -0.480 e. The van der Waals surface area contributed by atoms with Crippen molar-refractivity contribution in [3.05, 3.63) is 35.4 Å². The Hall–Kier alpha value is -2.58. The van der Waals surface area contributed by atoms with E-state index in [0.29, 0.717) is 0 Å². The lowest BCUT2D eigenvalue weighted by Gasteiger charge is -2.14. The third-order valence-corrected chi connectivity index (χ3v) is 2.93. The van der Waals surface area contributed by atoms with Crippen molar-refractivity contribution in [2.45, 2.75) is 32.0 Å². The zero-order chi connectivity index (χ0) is 18.3. The first-order chi connectivity index (χ1) is 11.1. The van der Waals surface area contributed by atoms with Crippen LogP contribution in [0.5, 0.6) is 0 Å². The molecule has 0 fully saturated rings. The van der Waals surface area contributed by atoms with Gasteiger partial charge in [0.05, 0.1) is 25.0 Å². The summed E-state index contributed by atoms with van der Waals surface area (Å²) in [5.74, 6) is -3.06. The van der Waals surface area contributed by atoms with Crippen molar-refractivity contribution < 1.29 is 37.4 Å². The van der Waals surface area contributed by atoms with Gasteiger partial charge in [0.25, 0.3) is 0 Å². The van der Waals surface area contributed by atoms with Crippen molar-refractivity contribution in [2.75, 3.05) is 6.61 Å². The molecule has 0 saturated carbocycles. The largest absolute Gasteiger partial charge is 0.480 e. The van der Waals surface area contributed by atoms with Gasteiger partial charge in [-0.25, -0.2) is 4.79 Å².